The van der Waals surface area contributed by atoms with Crippen LogP contribution in [0.25, 0.3) is 22.7 Å². The van der Waals surface area contributed by atoms with Crippen LogP contribution in [0.5, 0.6) is 0 Å². The first-order chi connectivity index (χ1) is 11.8. The van der Waals surface area contributed by atoms with Crippen molar-refractivity contribution in [2.75, 3.05) is 0 Å². The first kappa shape index (κ1) is 14.8. The van der Waals surface area contributed by atoms with Crippen LogP contribution in [-0.2, 0) is 6.54 Å². The summed E-state index contributed by atoms with van der Waals surface area (Å²) in [5.74, 6) is 1.28. The number of tetrazole rings is 1. The van der Waals surface area contributed by atoms with Gasteiger partial charge < -0.3 is 4.52 Å². The maximum atomic E-state index is 5.39. The SMILES string of the molecule is Brc1ccccc1-c1nnn(Cc2cc(-c3ccccc3)on2)n1. The third kappa shape index (κ3) is 2.98. The Kier molecular flexibility index (Phi) is 3.92. The summed E-state index contributed by atoms with van der Waals surface area (Å²) < 4.78 is 6.31. The van der Waals surface area contributed by atoms with Crippen molar-refractivity contribution < 1.29 is 4.52 Å². The average Bonchev–Trinajstić information content (AvgIpc) is 3.26. The van der Waals surface area contributed by atoms with Crippen molar-refractivity contribution in [1.29, 1.82) is 0 Å². The maximum Gasteiger partial charge on any atom is 0.206 e. The maximum absolute atomic E-state index is 5.39. The van der Waals surface area contributed by atoms with Crippen LogP contribution in [0.15, 0.2) is 69.7 Å². The zero-order valence-electron chi connectivity index (χ0n) is 12.5. The van der Waals surface area contributed by atoms with Gasteiger partial charge in [-0.25, -0.2) is 0 Å². The molecule has 4 aromatic rings. The zero-order chi connectivity index (χ0) is 16.4. The summed E-state index contributed by atoms with van der Waals surface area (Å²) in [6, 6.07) is 19.5. The molecule has 0 bridgehead atoms. The van der Waals surface area contributed by atoms with Crippen LogP contribution in [0.4, 0.5) is 0 Å². The lowest BCUT2D eigenvalue weighted by molar-refractivity contribution is 0.415. The summed E-state index contributed by atoms with van der Waals surface area (Å²) in [5.41, 5.74) is 2.62. The fourth-order valence-electron chi connectivity index (χ4n) is 2.33. The third-order valence-corrected chi connectivity index (χ3v) is 4.18. The van der Waals surface area contributed by atoms with Crippen molar-refractivity contribution in [3.8, 4) is 22.7 Å². The van der Waals surface area contributed by atoms with Gasteiger partial charge in [-0.3, -0.25) is 0 Å². The van der Waals surface area contributed by atoms with Gasteiger partial charge in [0.1, 0.15) is 12.2 Å². The van der Waals surface area contributed by atoms with Gasteiger partial charge in [0.2, 0.25) is 5.82 Å². The van der Waals surface area contributed by atoms with E-state index in [2.05, 4.69) is 36.5 Å². The molecule has 0 aliphatic carbocycles. The van der Waals surface area contributed by atoms with Gasteiger partial charge in [-0.1, -0.05) is 63.6 Å². The molecule has 0 saturated carbocycles. The van der Waals surface area contributed by atoms with Crippen LogP contribution in [0.2, 0.25) is 0 Å². The number of benzene rings is 2. The molecule has 0 N–H and O–H groups in total. The molecule has 0 spiro atoms. The highest BCUT2D eigenvalue weighted by Crippen LogP contribution is 2.24. The molecule has 0 aliphatic heterocycles. The van der Waals surface area contributed by atoms with E-state index in [0.717, 1.165) is 27.1 Å². The molecule has 24 heavy (non-hydrogen) atoms. The minimum atomic E-state index is 0.397. The minimum absolute atomic E-state index is 0.397. The molecule has 6 nitrogen and oxygen atoms in total. The highest BCUT2D eigenvalue weighted by atomic mass is 79.9. The standard InChI is InChI=1S/C17H12BrN5O/c18-15-9-5-4-8-14(15)17-19-22-23(20-17)11-13-10-16(24-21-13)12-6-2-1-3-7-12/h1-10H,11H2. The predicted molar refractivity (Wildman–Crippen MR) is 92.0 cm³/mol. The van der Waals surface area contributed by atoms with Gasteiger partial charge in [-0.2, -0.15) is 4.80 Å². The van der Waals surface area contributed by atoms with Gasteiger partial charge in [-0.15, -0.1) is 10.2 Å². The highest BCUT2D eigenvalue weighted by molar-refractivity contribution is 9.10. The van der Waals surface area contributed by atoms with Gasteiger partial charge >= 0.3 is 0 Å². The van der Waals surface area contributed by atoms with E-state index in [1.54, 1.807) is 0 Å². The van der Waals surface area contributed by atoms with Gasteiger partial charge in [0.05, 0.1) is 0 Å². The quantitative estimate of drug-likeness (QED) is 0.537. The highest BCUT2D eigenvalue weighted by Gasteiger charge is 2.11. The van der Waals surface area contributed by atoms with Crippen LogP contribution < -0.4 is 0 Å². The van der Waals surface area contributed by atoms with E-state index in [1.807, 2.05) is 60.7 Å². The minimum Gasteiger partial charge on any atom is -0.356 e. The number of rotatable bonds is 4. The molecule has 0 atom stereocenters. The van der Waals surface area contributed by atoms with Crippen molar-refractivity contribution in [2.45, 2.75) is 6.54 Å². The molecular formula is C17H12BrN5O. The summed E-state index contributed by atoms with van der Waals surface area (Å²) in [7, 11) is 0. The number of nitrogens with zero attached hydrogens (tertiary/aromatic N) is 5. The lowest BCUT2D eigenvalue weighted by Crippen LogP contribution is -2.04. The van der Waals surface area contributed by atoms with Crippen LogP contribution in [0.1, 0.15) is 5.69 Å². The first-order valence-electron chi connectivity index (χ1n) is 7.33. The van der Waals surface area contributed by atoms with Gasteiger partial charge in [0.15, 0.2) is 5.76 Å². The smallest absolute Gasteiger partial charge is 0.206 e. The van der Waals surface area contributed by atoms with Crippen LogP contribution in [-0.4, -0.2) is 25.4 Å². The molecule has 2 aromatic heterocycles. The average molecular weight is 382 g/mol. The molecule has 0 aliphatic rings. The monoisotopic (exact) mass is 381 g/mol. The molecule has 2 heterocycles. The molecule has 118 valence electrons. The Bertz CT molecular complexity index is 964. The molecule has 4 rings (SSSR count). The Hall–Kier alpha value is -2.80. The molecule has 0 radical (unpaired) electrons. The molecular weight excluding hydrogens is 370 g/mol. The molecule has 0 saturated heterocycles. The Morgan fingerprint density at radius 2 is 1.79 bits per heavy atom. The second kappa shape index (κ2) is 6.37. The first-order valence-corrected chi connectivity index (χ1v) is 8.12. The fraction of sp³-hybridized carbons (Fsp3) is 0.0588. The van der Waals surface area contributed by atoms with E-state index in [4.69, 9.17) is 4.52 Å². The van der Waals surface area contributed by atoms with Crippen molar-refractivity contribution in [1.82, 2.24) is 25.4 Å². The van der Waals surface area contributed by atoms with Crippen molar-refractivity contribution >= 4 is 15.9 Å². The second-order valence-electron chi connectivity index (χ2n) is 5.17. The molecule has 0 unspecified atom stereocenters. The van der Waals surface area contributed by atoms with E-state index in [0.29, 0.717) is 12.4 Å². The van der Waals surface area contributed by atoms with Crippen LogP contribution in [0.3, 0.4) is 0 Å². The Morgan fingerprint density at radius 3 is 2.62 bits per heavy atom. The lowest BCUT2D eigenvalue weighted by atomic mass is 10.2. The third-order valence-electron chi connectivity index (χ3n) is 3.49. The Balaban J connectivity index is 1.55. The van der Waals surface area contributed by atoms with Crippen molar-refractivity contribution in [3.63, 3.8) is 0 Å². The molecule has 7 heteroatoms. The van der Waals surface area contributed by atoms with Crippen molar-refractivity contribution in [2.24, 2.45) is 0 Å². The molecule has 0 fully saturated rings. The number of aromatic nitrogens is 5. The summed E-state index contributed by atoms with van der Waals surface area (Å²) in [5, 5.41) is 16.7. The molecule has 2 aromatic carbocycles. The topological polar surface area (TPSA) is 69.6 Å². The second-order valence-corrected chi connectivity index (χ2v) is 6.03. The summed E-state index contributed by atoms with van der Waals surface area (Å²) in [6.45, 7) is 0.397. The zero-order valence-corrected chi connectivity index (χ0v) is 14.1. The number of hydrogen-bond acceptors (Lipinski definition) is 5. The lowest BCUT2D eigenvalue weighted by Gasteiger charge is -1.97. The van der Waals surface area contributed by atoms with Gasteiger partial charge in [0, 0.05) is 21.7 Å². The van der Waals surface area contributed by atoms with Crippen molar-refractivity contribution in [3.05, 3.63) is 70.8 Å². The van der Waals surface area contributed by atoms with E-state index < -0.39 is 0 Å². The van der Waals surface area contributed by atoms with Crippen LogP contribution in [0, 0.1) is 0 Å². The summed E-state index contributed by atoms with van der Waals surface area (Å²) >= 11 is 3.49. The molecule has 0 amide bonds. The Morgan fingerprint density at radius 1 is 1.00 bits per heavy atom. The Labute approximate surface area is 146 Å². The fourth-order valence-corrected chi connectivity index (χ4v) is 2.79. The van der Waals surface area contributed by atoms with Gasteiger partial charge in [-0.05, 0) is 17.3 Å². The number of hydrogen-bond donors (Lipinski definition) is 0. The van der Waals surface area contributed by atoms with E-state index >= 15 is 0 Å². The largest absolute Gasteiger partial charge is 0.356 e. The van der Waals surface area contributed by atoms with Gasteiger partial charge in [0.25, 0.3) is 0 Å². The normalized spacial score (nSPS) is 10.9. The van der Waals surface area contributed by atoms with E-state index in [9.17, 15) is 0 Å². The van der Waals surface area contributed by atoms with Crippen LogP contribution >= 0.6 is 15.9 Å². The number of halogens is 1. The van der Waals surface area contributed by atoms with E-state index in [1.165, 1.54) is 4.80 Å². The summed E-state index contributed by atoms with van der Waals surface area (Å²) in [6.07, 6.45) is 0. The van der Waals surface area contributed by atoms with E-state index in [-0.39, 0.29) is 0 Å². The summed E-state index contributed by atoms with van der Waals surface area (Å²) in [4.78, 5) is 1.50. The predicted octanol–water partition coefficient (Wildman–Crippen LogP) is 3.81.